The van der Waals surface area contributed by atoms with Crippen LogP contribution < -0.4 is 5.48 Å². The first-order chi connectivity index (χ1) is 8.79. The van der Waals surface area contributed by atoms with E-state index in [1.807, 2.05) is 30.3 Å². The molecule has 0 aliphatic rings. The highest BCUT2D eigenvalue weighted by Gasteiger charge is 2.20. The summed E-state index contributed by atoms with van der Waals surface area (Å²) in [6, 6.07) is 9.45. The molecule has 0 radical (unpaired) electrons. The van der Waals surface area contributed by atoms with E-state index in [2.05, 4.69) is 5.48 Å². The number of esters is 1. The predicted octanol–water partition coefficient (Wildman–Crippen LogP) is 1.11. The summed E-state index contributed by atoms with van der Waals surface area (Å²) in [5, 5.41) is 0. The van der Waals surface area contributed by atoms with Crippen molar-refractivity contribution in [2.75, 3.05) is 34.0 Å². The Hall–Kier alpha value is -1.43. The molecule has 18 heavy (non-hydrogen) atoms. The van der Waals surface area contributed by atoms with Crippen LogP contribution in [-0.4, -0.2) is 39.9 Å². The monoisotopic (exact) mass is 253 g/mol. The van der Waals surface area contributed by atoms with E-state index in [9.17, 15) is 4.79 Å². The van der Waals surface area contributed by atoms with Crippen LogP contribution in [0.15, 0.2) is 30.3 Å². The summed E-state index contributed by atoms with van der Waals surface area (Å²) in [5.41, 5.74) is 3.65. The number of hydroxylamine groups is 1. The van der Waals surface area contributed by atoms with Crippen LogP contribution in [0.3, 0.4) is 0 Å². The Balaban J connectivity index is 2.50. The van der Waals surface area contributed by atoms with Crippen molar-refractivity contribution >= 4 is 5.97 Å². The number of carbonyl (C=O) groups excluding carboxylic acids is 1. The third-order valence-corrected chi connectivity index (χ3v) is 2.47. The zero-order chi connectivity index (χ0) is 13.2. The van der Waals surface area contributed by atoms with Gasteiger partial charge in [0.1, 0.15) is 0 Å². The molecule has 5 nitrogen and oxygen atoms in total. The normalized spacial score (nSPS) is 12.1. The summed E-state index contributed by atoms with van der Waals surface area (Å²) in [4.78, 5) is 16.8. The SMILES string of the molecule is COCCONCC(C(=O)OC)c1ccccc1. The van der Waals surface area contributed by atoms with Crippen LogP contribution in [0.25, 0.3) is 0 Å². The van der Waals surface area contributed by atoms with Crippen LogP contribution in [0.2, 0.25) is 0 Å². The lowest BCUT2D eigenvalue weighted by Gasteiger charge is -2.15. The Morgan fingerprint density at radius 1 is 1.22 bits per heavy atom. The molecule has 1 atom stereocenters. The van der Waals surface area contributed by atoms with Crippen molar-refractivity contribution < 1.29 is 19.1 Å². The van der Waals surface area contributed by atoms with E-state index in [0.29, 0.717) is 19.8 Å². The molecule has 1 N–H and O–H groups in total. The van der Waals surface area contributed by atoms with Gasteiger partial charge in [-0.3, -0.25) is 9.63 Å². The second-order valence-electron chi connectivity index (χ2n) is 3.68. The van der Waals surface area contributed by atoms with Crippen LogP contribution >= 0.6 is 0 Å². The van der Waals surface area contributed by atoms with Crippen LogP contribution in [0, 0.1) is 0 Å². The number of hydrogen-bond donors (Lipinski definition) is 1. The van der Waals surface area contributed by atoms with Gasteiger partial charge in [-0.2, -0.15) is 0 Å². The second-order valence-corrected chi connectivity index (χ2v) is 3.68. The van der Waals surface area contributed by atoms with Gasteiger partial charge in [-0.15, -0.1) is 0 Å². The highest BCUT2D eigenvalue weighted by molar-refractivity contribution is 5.78. The van der Waals surface area contributed by atoms with Gasteiger partial charge in [0.25, 0.3) is 0 Å². The molecule has 1 rings (SSSR count). The Morgan fingerprint density at radius 2 is 1.94 bits per heavy atom. The topological polar surface area (TPSA) is 56.8 Å². The molecule has 0 heterocycles. The minimum atomic E-state index is -0.376. The molecule has 0 aromatic heterocycles. The molecule has 0 aliphatic heterocycles. The molecule has 1 aromatic rings. The fourth-order valence-electron chi connectivity index (χ4n) is 1.50. The maximum absolute atomic E-state index is 11.7. The van der Waals surface area contributed by atoms with Crippen LogP contribution in [0.1, 0.15) is 11.5 Å². The zero-order valence-corrected chi connectivity index (χ0v) is 10.7. The standard InChI is InChI=1S/C13H19NO4/c1-16-8-9-18-14-10-12(13(15)17-2)11-6-4-3-5-7-11/h3-7,12,14H,8-10H2,1-2H3. The molecule has 1 unspecified atom stereocenters. The molecule has 0 saturated heterocycles. The summed E-state index contributed by atoms with van der Waals surface area (Å²) in [7, 11) is 2.98. The smallest absolute Gasteiger partial charge is 0.314 e. The quantitative estimate of drug-likeness (QED) is 0.427. The number of benzene rings is 1. The summed E-state index contributed by atoms with van der Waals surface area (Å²) in [6.45, 7) is 1.29. The number of ether oxygens (including phenoxy) is 2. The van der Waals surface area contributed by atoms with Crippen molar-refractivity contribution in [3.05, 3.63) is 35.9 Å². The first kappa shape index (κ1) is 14.6. The van der Waals surface area contributed by atoms with E-state index in [1.165, 1.54) is 7.11 Å². The molecule has 5 heteroatoms. The fourth-order valence-corrected chi connectivity index (χ4v) is 1.50. The van der Waals surface area contributed by atoms with E-state index in [0.717, 1.165) is 5.56 Å². The lowest BCUT2D eigenvalue weighted by molar-refractivity contribution is -0.143. The van der Waals surface area contributed by atoms with E-state index < -0.39 is 0 Å². The molecule has 0 aliphatic carbocycles. The third-order valence-electron chi connectivity index (χ3n) is 2.47. The highest BCUT2D eigenvalue weighted by Crippen LogP contribution is 2.16. The number of rotatable bonds is 8. The van der Waals surface area contributed by atoms with Crippen molar-refractivity contribution in [2.24, 2.45) is 0 Å². The fraction of sp³-hybridized carbons (Fsp3) is 0.462. The Bertz CT molecular complexity index is 342. The number of methoxy groups -OCH3 is 2. The maximum atomic E-state index is 11.7. The predicted molar refractivity (Wildman–Crippen MR) is 67.0 cm³/mol. The third kappa shape index (κ3) is 4.83. The van der Waals surface area contributed by atoms with E-state index in [4.69, 9.17) is 14.3 Å². The number of nitrogens with one attached hydrogen (secondary N) is 1. The lowest BCUT2D eigenvalue weighted by Crippen LogP contribution is -2.28. The van der Waals surface area contributed by atoms with Gasteiger partial charge in [0.15, 0.2) is 0 Å². The minimum absolute atomic E-state index is 0.288. The van der Waals surface area contributed by atoms with E-state index >= 15 is 0 Å². The van der Waals surface area contributed by atoms with Gasteiger partial charge in [-0.25, -0.2) is 5.48 Å². The van der Waals surface area contributed by atoms with Crippen molar-refractivity contribution in [3.63, 3.8) is 0 Å². The van der Waals surface area contributed by atoms with Crippen LogP contribution in [0.4, 0.5) is 0 Å². The van der Waals surface area contributed by atoms with Crippen molar-refractivity contribution in [3.8, 4) is 0 Å². The summed E-state index contributed by atoms with van der Waals surface area (Å²) in [6.07, 6.45) is 0. The van der Waals surface area contributed by atoms with Crippen LogP contribution in [-0.2, 0) is 19.1 Å². The Kier molecular flexibility index (Phi) is 7.01. The summed E-state index contributed by atoms with van der Waals surface area (Å²) in [5.74, 6) is -0.664. The molecule has 0 fully saturated rings. The van der Waals surface area contributed by atoms with Gasteiger partial charge in [0.2, 0.25) is 0 Å². The molecule has 0 amide bonds. The number of hydrogen-bond acceptors (Lipinski definition) is 5. The largest absolute Gasteiger partial charge is 0.469 e. The van der Waals surface area contributed by atoms with E-state index in [1.54, 1.807) is 7.11 Å². The van der Waals surface area contributed by atoms with Gasteiger partial charge >= 0.3 is 5.97 Å². The van der Waals surface area contributed by atoms with Crippen molar-refractivity contribution in [1.29, 1.82) is 0 Å². The number of carbonyl (C=O) groups is 1. The average molecular weight is 253 g/mol. The van der Waals surface area contributed by atoms with Gasteiger partial charge in [0.05, 0.1) is 26.2 Å². The summed E-state index contributed by atoms with van der Waals surface area (Å²) < 4.78 is 9.63. The van der Waals surface area contributed by atoms with Gasteiger partial charge in [-0.1, -0.05) is 30.3 Å². The Labute approximate surface area is 107 Å². The van der Waals surface area contributed by atoms with E-state index in [-0.39, 0.29) is 11.9 Å². The second kappa shape index (κ2) is 8.63. The first-order valence-electron chi connectivity index (χ1n) is 5.76. The molecule has 100 valence electrons. The Morgan fingerprint density at radius 3 is 2.56 bits per heavy atom. The van der Waals surface area contributed by atoms with Gasteiger partial charge in [-0.05, 0) is 5.56 Å². The van der Waals surface area contributed by atoms with Gasteiger partial charge < -0.3 is 9.47 Å². The zero-order valence-electron chi connectivity index (χ0n) is 10.7. The van der Waals surface area contributed by atoms with Crippen LogP contribution in [0.5, 0.6) is 0 Å². The average Bonchev–Trinajstić information content (AvgIpc) is 2.43. The highest BCUT2D eigenvalue weighted by atomic mass is 16.7. The molecule has 1 aromatic carbocycles. The van der Waals surface area contributed by atoms with Crippen molar-refractivity contribution in [2.45, 2.75) is 5.92 Å². The first-order valence-corrected chi connectivity index (χ1v) is 5.76. The lowest BCUT2D eigenvalue weighted by atomic mass is 10.00. The maximum Gasteiger partial charge on any atom is 0.314 e. The molecule has 0 bridgehead atoms. The minimum Gasteiger partial charge on any atom is -0.469 e. The molecular formula is C13H19NO4. The van der Waals surface area contributed by atoms with Crippen molar-refractivity contribution in [1.82, 2.24) is 5.48 Å². The molecule has 0 saturated carbocycles. The molecular weight excluding hydrogens is 234 g/mol. The summed E-state index contributed by atoms with van der Waals surface area (Å²) >= 11 is 0. The molecule has 0 spiro atoms. The van der Waals surface area contributed by atoms with Gasteiger partial charge in [0, 0.05) is 13.7 Å².